The van der Waals surface area contributed by atoms with Crippen LogP contribution in [0.15, 0.2) is 42.3 Å². The van der Waals surface area contributed by atoms with Gasteiger partial charge >= 0.3 is 0 Å². The van der Waals surface area contributed by atoms with Crippen molar-refractivity contribution < 1.29 is 0 Å². The van der Waals surface area contributed by atoms with Crippen molar-refractivity contribution in [2.45, 2.75) is 57.7 Å². The molecule has 2 aromatic rings. The highest BCUT2D eigenvalue weighted by molar-refractivity contribution is 5.85. The average molecular weight is 396 g/mol. The molecule has 1 fully saturated rings. The summed E-state index contributed by atoms with van der Waals surface area (Å²) >= 11 is 0. The van der Waals surface area contributed by atoms with Gasteiger partial charge in [0.15, 0.2) is 17.0 Å². The molecule has 2 atom stereocenters. The van der Waals surface area contributed by atoms with Crippen LogP contribution in [0.2, 0.25) is 0 Å². The molecule has 0 unspecified atom stereocenters. The fraction of sp³-hybridized carbons (Fsp3) is 0.450. The van der Waals surface area contributed by atoms with Crippen LogP contribution < -0.4 is 27.4 Å². The maximum absolute atomic E-state index is 6.32. The van der Waals surface area contributed by atoms with Gasteiger partial charge in [0.1, 0.15) is 5.82 Å². The summed E-state index contributed by atoms with van der Waals surface area (Å²) in [5.74, 6) is 1.83. The summed E-state index contributed by atoms with van der Waals surface area (Å²) in [5.41, 5.74) is 15.1. The second kappa shape index (κ2) is 7.75. The Balaban J connectivity index is 1.72. The highest BCUT2D eigenvalue weighted by atomic mass is 15.2. The Morgan fingerprint density at radius 3 is 2.76 bits per heavy atom. The minimum atomic E-state index is 0.102. The van der Waals surface area contributed by atoms with Crippen LogP contribution in [0.25, 0.3) is 11.2 Å². The van der Waals surface area contributed by atoms with E-state index in [-0.39, 0.29) is 18.1 Å². The minimum absolute atomic E-state index is 0.102. The highest BCUT2D eigenvalue weighted by Gasteiger charge is 2.24. The zero-order chi connectivity index (χ0) is 20.5. The first kappa shape index (κ1) is 19.3. The molecule has 4 rings (SSSR count). The molecule has 0 saturated heterocycles. The van der Waals surface area contributed by atoms with Crippen molar-refractivity contribution in [1.82, 2.24) is 24.8 Å². The Labute approximate surface area is 170 Å². The molecule has 1 aliphatic heterocycles. The maximum Gasteiger partial charge on any atom is 0.227 e. The number of hydrogen-bond acceptors (Lipinski definition) is 8. The molecule has 0 spiro atoms. The molecule has 3 heterocycles. The standard InChI is InChI=1S/C20H29N9/c1-11(2)29-10-23-17-18(26-16-9-13(21)8-12(3)24-16)27-20(28-19(17)29)25-15-7-5-4-6-14(15)22/h8-11,14-15,24H,3-7,21-22H2,1-2H3,(H2,25,26,27,28)/t14-,15-/m0/s1. The zero-order valence-electron chi connectivity index (χ0n) is 16.9. The molecule has 0 bridgehead atoms. The Kier molecular flexibility index (Phi) is 5.14. The number of hydrogen-bond donors (Lipinski definition) is 5. The third kappa shape index (κ3) is 4.04. The normalized spacial score (nSPS) is 22.3. The van der Waals surface area contributed by atoms with Crippen LogP contribution in [-0.4, -0.2) is 31.6 Å². The van der Waals surface area contributed by atoms with E-state index in [0.717, 1.165) is 24.9 Å². The lowest BCUT2D eigenvalue weighted by atomic mass is 9.91. The van der Waals surface area contributed by atoms with E-state index in [1.54, 1.807) is 18.5 Å². The van der Waals surface area contributed by atoms with Crippen LogP contribution in [0, 0.1) is 0 Å². The topological polar surface area (TPSA) is 132 Å². The van der Waals surface area contributed by atoms with E-state index in [9.17, 15) is 0 Å². The third-order valence-electron chi connectivity index (χ3n) is 5.31. The number of dihydropyridines is 1. The number of nitrogens with zero attached hydrogens (tertiary/aromatic N) is 4. The Hall–Kier alpha value is -3.07. The predicted molar refractivity (Wildman–Crippen MR) is 116 cm³/mol. The molecule has 1 aliphatic carbocycles. The van der Waals surface area contributed by atoms with Crippen LogP contribution in [0.1, 0.15) is 45.6 Å². The van der Waals surface area contributed by atoms with Crippen LogP contribution in [-0.2, 0) is 0 Å². The number of nitrogens with one attached hydrogen (secondary N) is 3. The number of fused-ring (bicyclic) bond motifs is 1. The van der Waals surface area contributed by atoms with Crippen LogP contribution in [0.4, 0.5) is 11.8 Å². The number of imidazole rings is 1. The van der Waals surface area contributed by atoms with Crippen molar-refractivity contribution in [2.24, 2.45) is 11.5 Å². The molecule has 154 valence electrons. The van der Waals surface area contributed by atoms with Crippen molar-refractivity contribution in [2.75, 3.05) is 10.6 Å². The van der Waals surface area contributed by atoms with Crippen molar-refractivity contribution in [3.63, 3.8) is 0 Å². The van der Waals surface area contributed by atoms with Gasteiger partial charge in [-0.25, -0.2) is 4.98 Å². The largest absolute Gasteiger partial charge is 0.399 e. The van der Waals surface area contributed by atoms with E-state index in [1.807, 2.05) is 4.57 Å². The fourth-order valence-electron chi connectivity index (χ4n) is 3.80. The van der Waals surface area contributed by atoms with Gasteiger partial charge in [0.25, 0.3) is 0 Å². The smallest absolute Gasteiger partial charge is 0.227 e. The summed E-state index contributed by atoms with van der Waals surface area (Å²) in [7, 11) is 0. The summed E-state index contributed by atoms with van der Waals surface area (Å²) in [6.07, 6.45) is 9.72. The zero-order valence-corrected chi connectivity index (χ0v) is 16.9. The lowest BCUT2D eigenvalue weighted by Gasteiger charge is -2.29. The fourth-order valence-corrected chi connectivity index (χ4v) is 3.80. The number of anilines is 2. The molecular weight excluding hydrogens is 366 g/mol. The molecular formula is C20H29N9. The van der Waals surface area contributed by atoms with Gasteiger partial charge < -0.3 is 32.0 Å². The molecule has 0 radical (unpaired) electrons. The van der Waals surface area contributed by atoms with Gasteiger partial charge in [0, 0.05) is 35.6 Å². The quantitative estimate of drug-likeness (QED) is 0.521. The summed E-state index contributed by atoms with van der Waals surface area (Å²) < 4.78 is 2.03. The van der Waals surface area contributed by atoms with Crippen LogP contribution in [0.5, 0.6) is 0 Å². The summed E-state index contributed by atoms with van der Waals surface area (Å²) in [6.45, 7) is 8.12. The Bertz CT molecular complexity index is 985. The van der Waals surface area contributed by atoms with E-state index < -0.39 is 0 Å². The summed E-state index contributed by atoms with van der Waals surface area (Å²) in [5, 5.41) is 9.91. The average Bonchev–Trinajstić information content (AvgIpc) is 3.07. The van der Waals surface area contributed by atoms with Crippen molar-refractivity contribution in [1.29, 1.82) is 0 Å². The molecule has 29 heavy (non-hydrogen) atoms. The highest BCUT2D eigenvalue weighted by Crippen LogP contribution is 2.26. The van der Waals surface area contributed by atoms with Gasteiger partial charge in [0.2, 0.25) is 5.95 Å². The van der Waals surface area contributed by atoms with Crippen molar-refractivity contribution in [3.8, 4) is 0 Å². The molecule has 0 amide bonds. The maximum atomic E-state index is 6.32. The number of nitrogens with two attached hydrogens (primary N) is 2. The molecule has 9 nitrogen and oxygen atoms in total. The van der Waals surface area contributed by atoms with Gasteiger partial charge in [-0.1, -0.05) is 19.4 Å². The first-order chi connectivity index (χ1) is 13.9. The molecule has 9 heteroatoms. The van der Waals surface area contributed by atoms with E-state index in [0.29, 0.717) is 34.5 Å². The number of aromatic nitrogens is 4. The number of rotatable bonds is 5. The van der Waals surface area contributed by atoms with Gasteiger partial charge in [-0.3, -0.25) is 0 Å². The molecule has 2 aromatic heterocycles. The summed E-state index contributed by atoms with van der Waals surface area (Å²) in [4.78, 5) is 14.0. The molecule has 2 aliphatic rings. The molecule has 0 aromatic carbocycles. The van der Waals surface area contributed by atoms with E-state index >= 15 is 0 Å². The monoisotopic (exact) mass is 395 g/mol. The third-order valence-corrected chi connectivity index (χ3v) is 5.31. The lowest BCUT2D eigenvalue weighted by Crippen LogP contribution is -2.43. The Morgan fingerprint density at radius 2 is 2.03 bits per heavy atom. The second-order valence-corrected chi connectivity index (χ2v) is 7.99. The SMILES string of the molecule is C=C1C=C(N)C=C(Nc2nc(N[C@H]3CCCC[C@@H]3N)nc3c2ncn3C(C)C)N1. The Morgan fingerprint density at radius 1 is 1.24 bits per heavy atom. The predicted octanol–water partition coefficient (Wildman–Crippen LogP) is 2.30. The van der Waals surface area contributed by atoms with Crippen LogP contribution >= 0.6 is 0 Å². The minimum Gasteiger partial charge on any atom is -0.399 e. The first-order valence-corrected chi connectivity index (χ1v) is 10.1. The van der Waals surface area contributed by atoms with Crippen molar-refractivity contribution >= 4 is 22.9 Å². The van der Waals surface area contributed by atoms with Gasteiger partial charge in [-0.05, 0) is 32.8 Å². The van der Waals surface area contributed by atoms with Crippen LogP contribution in [0.3, 0.4) is 0 Å². The van der Waals surface area contributed by atoms with Gasteiger partial charge in [-0.15, -0.1) is 0 Å². The molecule has 7 N–H and O–H groups in total. The van der Waals surface area contributed by atoms with Crippen molar-refractivity contribution in [3.05, 3.63) is 42.3 Å². The van der Waals surface area contributed by atoms with Gasteiger partial charge in [0.05, 0.1) is 6.33 Å². The lowest BCUT2D eigenvalue weighted by molar-refractivity contribution is 0.402. The van der Waals surface area contributed by atoms with Gasteiger partial charge in [-0.2, -0.15) is 9.97 Å². The van der Waals surface area contributed by atoms with E-state index in [1.165, 1.54) is 6.42 Å². The summed E-state index contributed by atoms with van der Waals surface area (Å²) in [6, 6.07) is 0.484. The second-order valence-electron chi connectivity index (χ2n) is 7.99. The molecule has 1 saturated carbocycles. The number of allylic oxidation sites excluding steroid dienone is 2. The van der Waals surface area contributed by atoms with E-state index in [4.69, 9.17) is 21.4 Å². The first-order valence-electron chi connectivity index (χ1n) is 10.1. The van der Waals surface area contributed by atoms with E-state index in [2.05, 4.69) is 41.4 Å².